The molecule has 0 bridgehead atoms. The normalized spacial score (nSPS) is 14.5. The van der Waals surface area contributed by atoms with Crippen molar-refractivity contribution in [3.8, 4) is 11.3 Å². The molecule has 0 aliphatic carbocycles. The molecule has 4 rings (SSSR count). The number of fused-ring (bicyclic) bond motifs is 1. The highest BCUT2D eigenvalue weighted by Crippen LogP contribution is 2.40. The van der Waals surface area contributed by atoms with Crippen LogP contribution in [0.2, 0.25) is 0 Å². The van der Waals surface area contributed by atoms with Gasteiger partial charge in [-0.2, -0.15) is 0 Å². The number of carbonyl (C=O) groups is 2. The highest BCUT2D eigenvalue weighted by Gasteiger charge is 2.25. The fourth-order valence-electron chi connectivity index (χ4n) is 2.90. The molecule has 4 nitrogen and oxygen atoms in total. The van der Waals surface area contributed by atoms with Crippen molar-refractivity contribution in [2.24, 2.45) is 0 Å². The summed E-state index contributed by atoms with van der Waals surface area (Å²) in [6.45, 7) is 3.63. The van der Waals surface area contributed by atoms with Gasteiger partial charge in [-0.1, -0.05) is 36.0 Å². The third kappa shape index (κ3) is 3.66. The Labute approximate surface area is 167 Å². The van der Waals surface area contributed by atoms with Crippen LogP contribution in [-0.2, 0) is 4.74 Å². The van der Waals surface area contributed by atoms with Crippen LogP contribution in [-0.4, -0.2) is 17.9 Å². The van der Waals surface area contributed by atoms with E-state index in [2.05, 4.69) is 0 Å². The third-order valence-electron chi connectivity index (χ3n) is 4.22. The zero-order valence-electron chi connectivity index (χ0n) is 15.5. The number of hydrogen-bond acceptors (Lipinski definition) is 5. The van der Waals surface area contributed by atoms with Gasteiger partial charge in [-0.15, -0.1) is 0 Å². The van der Waals surface area contributed by atoms with Crippen molar-refractivity contribution >= 4 is 29.6 Å². The van der Waals surface area contributed by atoms with E-state index in [0.717, 1.165) is 16.0 Å². The lowest BCUT2D eigenvalue weighted by atomic mass is 10.1. The zero-order valence-corrected chi connectivity index (χ0v) is 16.3. The minimum Gasteiger partial charge on any atom is -0.459 e. The number of hydrogen-bond donors (Lipinski definition) is 0. The van der Waals surface area contributed by atoms with Crippen molar-refractivity contribution in [1.82, 2.24) is 0 Å². The number of ketones is 1. The summed E-state index contributed by atoms with van der Waals surface area (Å²) in [4.78, 5) is 26.0. The number of benzene rings is 2. The molecular formula is C23H18O4S. The minimum absolute atomic E-state index is 0.0200. The third-order valence-corrected chi connectivity index (χ3v) is 5.32. The number of rotatable bonds is 4. The number of allylic oxidation sites excluding steroid dienone is 1. The molecular weight excluding hydrogens is 372 g/mol. The predicted molar refractivity (Wildman–Crippen MR) is 109 cm³/mol. The molecule has 2 heterocycles. The highest BCUT2D eigenvalue weighted by molar-refractivity contribution is 8.04. The molecule has 0 unspecified atom stereocenters. The molecule has 5 heteroatoms. The van der Waals surface area contributed by atoms with Crippen LogP contribution in [0.1, 0.15) is 40.3 Å². The van der Waals surface area contributed by atoms with Gasteiger partial charge in [0.25, 0.3) is 0 Å². The Hall–Kier alpha value is -3.05. The molecule has 1 aliphatic heterocycles. The summed E-state index contributed by atoms with van der Waals surface area (Å²) in [6, 6.07) is 18.3. The van der Waals surface area contributed by atoms with Crippen LogP contribution in [0.15, 0.2) is 74.9 Å². The lowest BCUT2D eigenvalue weighted by Crippen LogP contribution is -2.11. The van der Waals surface area contributed by atoms with E-state index < -0.39 is 0 Å². The van der Waals surface area contributed by atoms with Gasteiger partial charge in [-0.25, -0.2) is 4.79 Å². The van der Waals surface area contributed by atoms with Crippen molar-refractivity contribution in [1.29, 1.82) is 0 Å². The molecule has 28 heavy (non-hydrogen) atoms. The van der Waals surface area contributed by atoms with Crippen LogP contribution in [0.3, 0.4) is 0 Å². The van der Waals surface area contributed by atoms with Crippen LogP contribution < -0.4 is 0 Å². The molecule has 0 saturated heterocycles. The Morgan fingerprint density at radius 3 is 2.50 bits per heavy atom. The second-order valence-electron chi connectivity index (χ2n) is 6.67. The fourth-order valence-corrected chi connectivity index (χ4v) is 3.94. The summed E-state index contributed by atoms with van der Waals surface area (Å²) in [7, 11) is 0. The van der Waals surface area contributed by atoms with Crippen molar-refractivity contribution in [3.05, 3.63) is 82.5 Å². The average molecular weight is 390 g/mol. The first-order valence-corrected chi connectivity index (χ1v) is 9.77. The van der Waals surface area contributed by atoms with Gasteiger partial charge in [0.05, 0.1) is 16.6 Å². The highest BCUT2D eigenvalue weighted by atomic mass is 32.2. The van der Waals surface area contributed by atoms with E-state index in [4.69, 9.17) is 9.15 Å². The van der Waals surface area contributed by atoms with Crippen LogP contribution in [0.25, 0.3) is 17.4 Å². The van der Waals surface area contributed by atoms with Crippen molar-refractivity contribution in [3.63, 3.8) is 0 Å². The summed E-state index contributed by atoms with van der Waals surface area (Å²) in [5.41, 5.74) is 2.07. The van der Waals surface area contributed by atoms with E-state index in [1.165, 1.54) is 11.8 Å². The Kier molecular flexibility index (Phi) is 4.92. The summed E-state index contributed by atoms with van der Waals surface area (Å²) in [6.07, 6.45) is 1.61. The number of ether oxygens (including phenoxy) is 1. The van der Waals surface area contributed by atoms with Gasteiger partial charge in [0.15, 0.2) is 0 Å². The molecule has 140 valence electrons. The molecule has 0 spiro atoms. The Morgan fingerprint density at radius 2 is 1.79 bits per heavy atom. The molecule has 0 fully saturated rings. The number of carbonyl (C=O) groups excluding carboxylic acids is 2. The molecule has 1 aliphatic rings. The smallest absolute Gasteiger partial charge is 0.338 e. The van der Waals surface area contributed by atoms with Crippen molar-refractivity contribution < 1.29 is 18.7 Å². The van der Waals surface area contributed by atoms with E-state index >= 15 is 0 Å². The summed E-state index contributed by atoms with van der Waals surface area (Å²) in [5, 5.41) is 0. The van der Waals surface area contributed by atoms with Crippen LogP contribution in [0.5, 0.6) is 0 Å². The number of furan rings is 1. The van der Waals surface area contributed by atoms with Crippen LogP contribution >= 0.6 is 11.8 Å². The summed E-state index contributed by atoms with van der Waals surface area (Å²) >= 11 is 1.45. The topological polar surface area (TPSA) is 56.5 Å². The molecule has 2 aromatic carbocycles. The average Bonchev–Trinajstić information content (AvgIpc) is 3.27. The maximum atomic E-state index is 12.5. The van der Waals surface area contributed by atoms with E-state index in [-0.39, 0.29) is 17.9 Å². The molecule has 0 radical (unpaired) electrons. The Balaban J connectivity index is 1.52. The van der Waals surface area contributed by atoms with Gasteiger partial charge >= 0.3 is 5.97 Å². The van der Waals surface area contributed by atoms with Gasteiger partial charge in [0.2, 0.25) is 5.78 Å². The van der Waals surface area contributed by atoms with E-state index in [1.54, 1.807) is 18.2 Å². The standard InChI is InChI=1S/C23H18O4S/c1-14(2)26-23(25)16-9-7-15(8-10-16)19-12-11-17(27-19)13-21-22(24)18-5-3-4-6-20(18)28-21/h3-14H,1-2H3/b21-13-. The zero-order chi connectivity index (χ0) is 19.7. The largest absolute Gasteiger partial charge is 0.459 e. The number of Topliss-reactive ketones (excluding diaryl/α,β-unsaturated/α-hetero) is 1. The van der Waals surface area contributed by atoms with Crippen molar-refractivity contribution in [2.75, 3.05) is 0 Å². The first-order valence-electron chi connectivity index (χ1n) is 8.96. The van der Waals surface area contributed by atoms with E-state index in [0.29, 0.717) is 22.0 Å². The van der Waals surface area contributed by atoms with E-state index in [1.807, 2.05) is 62.4 Å². The maximum absolute atomic E-state index is 12.5. The second-order valence-corrected chi connectivity index (χ2v) is 7.75. The van der Waals surface area contributed by atoms with Crippen LogP contribution in [0.4, 0.5) is 0 Å². The van der Waals surface area contributed by atoms with Gasteiger partial charge < -0.3 is 9.15 Å². The Morgan fingerprint density at radius 1 is 1.04 bits per heavy atom. The molecule has 0 amide bonds. The van der Waals surface area contributed by atoms with E-state index in [9.17, 15) is 9.59 Å². The maximum Gasteiger partial charge on any atom is 0.338 e. The van der Waals surface area contributed by atoms with Gasteiger partial charge in [0, 0.05) is 16.0 Å². The lowest BCUT2D eigenvalue weighted by molar-refractivity contribution is 0.0378. The predicted octanol–water partition coefficient (Wildman–Crippen LogP) is 5.84. The first kappa shape index (κ1) is 18.3. The summed E-state index contributed by atoms with van der Waals surface area (Å²) in [5.74, 6) is 0.958. The monoisotopic (exact) mass is 390 g/mol. The first-order chi connectivity index (χ1) is 13.5. The van der Waals surface area contributed by atoms with Crippen molar-refractivity contribution in [2.45, 2.75) is 24.8 Å². The SMILES string of the molecule is CC(C)OC(=O)c1ccc(-c2ccc(/C=C3\Sc4ccccc4C3=O)o2)cc1. The van der Waals surface area contributed by atoms with Gasteiger partial charge in [-0.05, 0) is 56.3 Å². The van der Waals surface area contributed by atoms with Crippen LogP contribution in [0, 0.1) is 0 Å². The quantitative estimate of drug-likeness (QED) is 0.414. The molecule has 3 aromatic rings. The second kappa shape index (κ2) is 7.52. The summed E-state index contributed by atoms with van der Waals surface area (Å²) < 4.78 is 11.1. The van der Waals surface area contributed by atoms with Gasteiger partial charge in [-0.3, -0.25) is 4.79 Å². The minimum atomic E-state index is -0.345. The molecule has 1 aromatic heterocycles. The molecule has 0 N–H and O–H groups in total. The molecule has 0 atom stereocenters. The fraction of sp³-hybridized carbons (Fsp3) is 0.130. The van der Waals surface area contributed by atoms with Gasteiger partial charge in [0.1, 0.15) is 11.5 Å². The number of thioether (sulfide) groups is 1. The number of esters is 1. The molecule has 0 saturated carbocycles. The Bertz CT molecular complexity index is 1070. The lowest BCUT2D eigenvalue weighted by Gasteiger charge is -2.07.